The first-order valence-electron chi connectivity index (χ1n) is 12.2. The highest BCUT2D eigenvalue weighted by Crippen LogP contribution is 2.24. The van der Waals surface area contributed by atoms with Crippen molar-refractivity contribution in [2.75, 3.05) is 13.2 Å². The smallest absolute Gasteiger partial charge is 0.334 e. The van der Waals surface area contributed by atoms with E-state index in [4.69, 9.17) is 9.47 Å². The minimum absolute atomic E-state index is 0.0885. The van der Waals surface area contributed by atoms with Crippen LogP contribution in [0.3, 0.4) is 0 Å². The van der Waals surface area contributed by atoms with E-state index in [0.717, 1.165) is 38.5 Å². The number of esters is 2. The second kappa shape index (κ2) is 16.4. The molecule has 30 heavy (non-hydrogen) atoms. The highest BCUT2D eigenvalue weighted by molar-refractivity contribution is 6.01. The Kier molecular flexibility index (Phi) is 15.7. The first-order chi connectivity index (χ1) is 14.1. The standard InChI is InChI=1S/C26H48O4/c1-19(2)15-11-9-13-17-29-25(27)23(21(5)6)24(22(7)8)26(28)30-18-14-10-12-16-20(3)4/h19-22H,9-18H2,1-8H3/b24-23-. The summed E-state index contributed by atoms with van der Waals surface area (Å²) in [6, 6.07) is 0. The second-order valence-corrected chi connectivity index (χ2v) is 9.89. The van der Waals surface area contributed by atoms with Gasteiger partial charge in [0, 0.05) is 0 Å². The van der Waals surface area contributed by atoms with Gasteiger partial charge in [0.15, 0.2) is 0 Å². The molecule has 0 saturated heterocycles. The summed E-state index contributed by atoms with van der Waals surface area (Å²) in [5, 5.41) is 0. The van der Waals surface area contributed by atoms with Gasteiger partial charge in [-0.05, 0) is 36.5 Å². The van der Waals surface area contributed by atoms with Crippen LogP contribution in [0.2, 0.25) is 0 Å². The molecule has 0 unspecified atom stereocenters. The lowest BCUT2D eigenvalue weighted by molar-refractivity contribution is -0.143. The normalized spacial score (nSPS) is 12.7. The average Bonchev–Trinajstić information content (AvgIpc) is 2.63. The SMILES string of the molecule is CC(C)CCCCCOC(=O)/C(=C(\C(=O)OCCCCCC(C)C)C(C)C)C(C)C. The van der Waals surface area contributed by atoms with Crippen molar-refractivity contribution in [2.45, 2.75) is 107 Å². The van der Waals surface area contributed by atoms with E-state index >= 15 is 0 Å². The van der Waals surface area contributed by atoms with Crippen LogP contribution in [-0.4, -0.2) is 25.2 Å². The molecule has 0 aromatic carbocycles. The van der Waals surface area contributed by atoms with E-state index in [1.807, 2.05) is 27.7 Å². The summed E-state index contributed by atoms with van der Waals surface area (Å²) in [4.78, 5) is 25.5. The minimum Gasteiger partial charge on any atom is -0.462 e. The van der Waals surface area contributed by atoms with E-state index in [1.165, 1.54) is 12.8 Å². The number of hydrogen-bond acceptors (Lipinski definition) is 4. The Morgan fingerprint density at radius 3 is 1.13 bits per heavy atom. The predicted octanol–water partition coefficient (Wildman–Crippen LogP) is 7.11. The fourth-order valence-electron chi connectivity index (χ4n) is 3.46. The van der Waals surface area contributed by atoms with Gasteiger partial charge in [-0.15, -0.1) is 0 Å². The van der Waals surface area contributed by atoms with Gasteiger partial charge in [0.25, 0.3) is 0 Å². The Morgan fingerprint density at radius 1 is 0.533 bits per heavy atom. The van der Waals surface area contributed by atoms with E-state index in [9.17, 15) is 9.59 Å². The van der Waals surface area contributed by atoms with Crippen LogP contribution in [-0.2, 0) is 19.1 Å². The molecule has 0 aliphatic rings. The van der Waals surface area contributed by atoms with Crippen LogP contribution in [0.4, 0.5) is 0 Å². The Bertz CT molecular complexity index is 469. The van der Waals surface area contributed by atoms with E-state index < -0.39 is 0 Å². The summed E-state index contributed by atoms with van der Waals surface area (Å²) in [5.41, 5.74) is 0.939. The molecular weight excluding hydrogens is 376 g/mol. The quantitative estimate of drug-likeness (QED) is 0.150. The van der Waals surface area contributed by atoms with Crippen molar-refractivity contribution in [1.29, 1.82) is 0 Å². The maximum Gasteiger partial charge on any atom is 0.334 e. The Hall–Kier alpha value is -1.32. The molecule has 0 fully saturated rings. The Labute approximate surface area is 186 Å². The van der Waals surface area contributed by atoms with Crippen molar-refractivity contribution in [3.8, 4) is 0 Å². The summed E-state index contributed by atoms with van der Waals surface area (Å²) < 4.78 is 11.1. The summed E-state index contributed by atoms with van der Waals surface area (Å²) in [5.74, 6) is 0.498. The first kappa shape index (κ1) is 28.7. The molecule has 0 aliphatic carbocycles. The van der Waals surface area contributed by atoms with Gasteiger partial charge in [0.1, 0.15) is 0 Å². The summed E-state index contributed by atoms with van der Waals surface area (Å²) in [6.07, 6.45) is 8.55. The van der Waals surface area contributed by atoms with Gasteiger partial charge >= 0.3 is 11.9 Å². The van der Waals surface area contributed by atoms with Crippen molar-refractivity contribution in [3.05, 3.63) is 11.1 Å². The summed E-state index contributed by atoms with van der Waals surface area (Å²) in [7, 11) is 0. The molecule has 0 rings (SSSR count). The van der Waals surface area contributed by atoms with Gasteiger partial charge in [0.2, 0.25) is 0 Å². The molecule has 0 aromatic heterocycles. The number of rotatable bonds is 16. The average molecular weight is 425 g/mol. The van der Waals surface area contributed by atoms with Crippen LogP contribution < -0.4 is 0 Å². The van der Waals surface area contributed by atoms with Gasteiger partial charge in [0.05, 0.1) is 24.4 Å². The number of carbonyl (C=O) groups excluding carboxylic acids is 2. The largest absolute Gasteiger partial charge is 0.462 e. The van der Waals surface area contributed by atoms with Crippen LogP contribution in [0.15, 0.2) is 11.1 Å². The summed E-state index contributed by atoms with van der Waals surface area (Å²) in [6.45, 7) is 17.4. The molecular formula is C26H48O4. The number of hydrogen-bond donors (Lipinski definition) is 0. The molecule has 0 atom stereocenters. The van der Waals surface area contributed by atoms with Crippen LogP contribution in [0.5, 0.6) is 0 Å². The number of unbranched alkanes of at least 4 members (excludes halogenated alkanes) is 4. The fraction of sp³-hybridized carbons (Fsp3) is 0.846. The maximum atomic E-state index is 12.8. The molecule has 0 aliphatic heterocycles. The first-order valence-corrected chi connectivity index (χ1v) is 12.2. The summed E-state index contributed by atoms with van der Waals surface area (Å²) >= 11 is 0. The lowest BCUT2D eigenvalue weighted by Gasteiger charge is -2.19. The van der Waals surface area contributed by atoms with Crippen molar-refractivity contribution < 1.29 is 19.1 Å². The van der Waals surface area contributed by atoms with E-state index in [2.05, 4.69) is 27.7 Å². The molecule has 4 heteroatoms. The van der Waals surface area contributed by atoms with Crippen molar-refractivity contribution in [2.24, 2.45) is 23.7 Å². The predicted molar refractivity (Wildman–Crippen MR) is 125 cm³/mol. The lowest BCUT2D eigenvalue weighted by Crippen LogP contribution is -2.23. The monoisotopic (exact) mass is 424 g/mol. The van der Waals surface area contributed by atoms with E-state index in [0.29, 0.717) is 36.2 Å². The third-order valence-electron chi connectivity index (χ3n) is 5.20. The minimum atomic E-state index is -0.369. The lowest BCUT2D eigenvalue weighted by atomic mass is 9.90. The Morgan fingerprint density at radius 2 is 0.867 bits per heavy atom. The van der Waals surface area contributed by atoms with Crippen LogP contribution in [0.25, 0.3) is 0 Å². The molecule has 0 bridgehead atoms. The zero-order chi connectivity index (χ0) is 23.1. The number of ether oxygens (including phenoxy) is 2. The molecule has 0 heterocycles. The van der Waals surface area contributed by atoms with E-state index in [-0.39, 0.29) is 23.8 Å². The molecule has 176 valence electrons. The van der Waals surface area contributed by atoms with Crippen molar-refractivity contribution >= 4 is 11.9 Å². The molecule has 4 nitrogen and oxygen atoms in total. The topological polar surface area (TPSA) is 52.6 Å². The molecule has 0 N–H and O–H groups in total. The van der Waals surface area contributed by atoms with Gasteiger partial charge in [-0.25, -0.2) is 9.59 Å². The van der Waals surface area contributed by atoms with Gasteiger partial charge < -0.3 is 9.47 Å². The number of carbonyl (C=O) groups is 2. The Balaban J connectivity index is 4.80. The van der Waals surface area contributed by atoms with Gasteiger partial charge in [-0.1, -0.05) is 93.9 Å². The van der Waals surface area contributed by atoms with Crippen LogP contribution in [0.1, 0.15) is 107 Å². The second-order valence-electron chi connectivity index (χ2n) is 9.89. The molecule has 0 radical (unpaired) electrons. The third-order valence-corrected chi connectivity index (χ3v) is 5.20. The van der Waals surface area contributed by atoms with E-state index in [1.54, 1.807) is 0 Å². The van der Waals surface area contributed by atoms with Gasteiger partial charge in [-0.3, -0.25) is 0 Å². The maximum absolute atomic E-state index is 12.8. The van der Waals surface area contributed by atoms with Crippen LogP contribution >= 0.6 is 0 Å². The molecule has 0 spiro atoms. The van der Waals surface area contributed by atoms with Crippen LogP contribution in [0, 0.1) is 23.7 Å². The zero-order valence-corrected chi connectivity index (χ0v) is 21.0. The van der Waals surface area contributed by atoms with Crippen molar-refractivity contribution in [1.82, 2.24) is 0 Å². The zero-order valence-electron chi connectivity index (χ0n) is 21.0. The molecule has 0 aromatic rings. The van der Waals surface area contributed by atoms with Crippen molar-refractivity contribution in [3.63, 3.8) is 0 Å². The molecule has 0 saturated carbocycles. The molecule has 0 amide bonds. The third kappa shape index (κ3) is 13.1. The fourth-order valence-corrected chi connectivity index (χ4v) is 3.46. The highest BCUT2D eigenvalue weighted by Gasteiger charge is 2.27. The van der Waals surface area contributed by atoms with Gasteiger partial charge in [-0.2, -0.15) is 0 Å². The highest BCUT2D eigenvalue weighted by atomic mass is 16.5.